The zero-order chi connectivity index (χ0) is 25.9. The van der Waals surface area contributed by atoms with Gasteiger partial charge in [-0.05, 0) is 68.7 Å². The van der Waals surface area contributed by atoms with E-state index in [-0.39, 0.29) is 11.8 Å². The van der Waals surface area contributed by atoms with Crippen LogP contribution in [-0.2, 0) is 9.59 Å². The molecule has 1 saturated heterocycles. The standard InChI is InChI=1S/C26H33FN6O3/c1-3-24(34)28-14-5-4-8-22(31-26(36)30-21-12-10-20(27)11-13-21)25(35)33-17-15-32(16-18-33)23-9-6-7-19(2)29-23/h3,6-7,9-13,22H,1,4-5,8,14-18H2,2H3,(H,28,34)(H2,30,31,36)/t22-/m0/s1. The first kappa shape index (κ1) is 26.7. The van der Waals surface area contributed by atoms with Crippen LogP contribution >= 0.6 is 0 Å². The van der Waals surface area contributed by atoms with Crippen LogP contribution in [0.2, 0.25) is 0 Å². The van der Waals surface area contributed by atoms with Crippen LogP contribution < -0.4 is 20.9 Å². The molecule has 192 valence electrons. The lowest BCUT2D eigenvalue weighted by Gasteiger charge is -2.37. The number of pyridine rings is 1. The Hall–Kier alpha value is -3.95. The first-order valence-electron chi connectivity index (χ1n) is 12.1. The summed E-state index contributed by atoms with van der Waals surface area (Å²) in [5.74, 6) is 0.0752. The number of amides is 4. The Labute approximate surface area is 210 Å². The summed E-state index contributed by atoms with van der Waals surface area (Å²) >= 11 is 0. The van der Waals surface area contributed by atoms with Crippen molar-refractivity contribution in [1.29, 1.82) is 0 Å². The van der Waals surface area contributed by atoms with E-state index < -0.39 is 17.9 Å². The molecule has 0 saturated carbocycles. The Morgan fingerprint density at radius 3 is 2.47 bits per heavy atom. The van der Waals surface area contributed by atoms with Crippen molar-refractivity contribution in [2.75, 3.05) is 42.9 Å². The van der Waals surface area contributed by atoms with E-state index in [9.17, 15) is 18.8 Å². The van der Waals surface area contributed by atoms with Crippen molar-refractivity contribution in [3.8, 4) is 0 Å². The van der Waals surface area contributed by atoms with Crippen LogP contribution in [0.1, 0.15) is 25.0 Å². The molecule has 0 aliphatic carbocycles. The van der Waals surface area contributed by atoms with Gasteiger partial charge in [-0.1, -0.05) is 12.6 Å². The number of aromatic nitrogens is 1. The molecule has 10 heteroatoms. The first-order chi connectivity index (χ1) is 17.4. The first-order valence-corrected chi connectivity index (χ1v) is 12.1. The minimum absolute atomic E-state index is 0.156. The van der Waals surface area contributed by atoms with Gasteiger partial charge in [0.05, 0.1) is 0 Å². The number of piperazine rings is 1. The number of urea groups is 1. The number of carbonyl (C=O) groups excluding carboxylic acids is 3. The van der Waals surface area contributed by atoms with Crippen molar-refractivity contribution in [3.05, 3.63) is 66.6 Å². The zero-order valence-electron chi connectivity index (χ0n) is 20.5. The number of carbonyl (C=O) groups is 3. The fourth-order valence-corrected chi connectivity index (χ4v) is 3.95. The quantitative estimate of drug-likeness (QED) is 0.346. The predicted octanol–water partition coefficient (Wildman–Crippen LogP) is 2.84. The molecule has 3 N–H and O–H groups in total. The maximum absolute atomic E-state index is 13.4. The number of hydrogen-bond donors (Lipinski definition) is 3. The predicted molar refractivity (Wildman–Crippen MR) is 137 cm³/mol. The maximum atomic E-state index is 13.4. The number of nitrogens with zero attached hydrogens (tertiary/aromatic N) is 3. The molecular formula is C26H33FN6O3. The number of hydrogen-bond acceptors (Lipinski definition) is 5. The van der Waals surface area contributed by atoms with E-state index in [1.807, 2.05) is 25.1 Å². The summed E-state index contributed by atoms with van der Waals surface area (Å²) in [6, 6.07) is 9.99. The van der Waals surface area contributed by atoms with Gasteiger partial charge < -0.3 is 25.8 Å². The fraction of sp³-hybridized carbons (Fsp3) is 0.385. The van der Waals surface area contributed by atoms with Gasteiger partial charge in [-0.2, -0.15) is 0 Å². The van der Waals surface area contributed by atoms with E-state index in [2.05, 4.69) is 32.4 Å². The van der Waals surface area contributed by atoms with Crippen molar-refractivity contribution in [3.63, 3.8) is 0 Å². The Kier molecular flexibility index (Phi) is 9.79. The molecule has 2 heterocycles. The molecular weight excluding hydrogens is 463 g/mol. The number of nitrogens with one attached hydrogen (secondary N) is 3. The van der Waals surface area contributed by atoms with Crippen LogP contribution in [-0.4, -0.2) is 66.5 Å². The Balaban J connectivity index is 1.58. The van der Waals surface area contributed by atoms with Gasteiger partial charge in [-0.15, -0.1) is 0 Å². The third kappa shape index (κ3) is 8.07. The summed E-state index contributed by atoms with van der Waals surface area (Å²) in [6.07, 6.45) is 2.90. The monoisotopic (exact) mass is 496 g/mol. The SMILES string of the molecule is C=CC(=O)NCCCC[C@H](NC(=O)Nc1ccc(F)cc1)C(=O)N1CCN(c2cccc(C)n2)CC1. The molecule has 1 aromatic carbocycles. The Bertz CT molecular complexity index is 1050. The number of unbranched alkanes of at least 4 members (excludes halogenated alkanes) is 1. The van der Waals surface area contributed by atoms with Crippen molar-refractivity contribution >= 4 is 29.4 Å². The molecule has 0 spiro atoms. The van der Waals surface area contributed by atoms with Gasteiger partial charge in [0.2, 0.25) is 11.8 Å². The van der Waals surface area contributed by atoms with E-state index in [1.165, 1.54) is 30.3 Å². The van der Waals surface area contributed by atoms with Crippen LogP contribution in [0.5, 0.6) is 0 Å². The number of benzene rings is 1. The van der Waals surface area contributed by atoms with Crippen LogP contribution in [0.3, 0.4) is 0 Å². The zero-order valence-corrected chi connectivity index (χ0v) is 20.5. The highest BCUT2D eigenvalue weighted by molar-refractivity contribution is 5.93. The average Bonchev–Trinajstić information content (AvgIpc) is 2.88. The lowest BCUT2D eigenvalue weighted by atomic mass is 10.1. The van der Waals surface area contributed by atoms with E-state index in [0.717, 1.165) is 11.5 Å². The molecule has 0 unspecified atom stereocenters. The molecule has 1 aliphatic heterocycles. The second-order valence-corrected chi connectivity index (χ2v) is 8.60. The van der Waals surface area contributed by atoms with E-state index in [1.54, 1.807) is 4.90 Å². The highest BCUT2D eigenvalue weighted by Gasteiger charge is 2.29. The second kappa shape index (κ2) is 13.2. The molecule has 1 aliphatic rings. The van der Waals surface area contributed by atoms with Crippen molar-refractivity contribution in [2.24, 2.45) is 0 Å². The van der Waals surface area contributed by atoms with E-state index >= 15 is 0 Å². The summed E-state index contributed by atoms with van der Waals surface area (Å²) in [7, 11) is 0. The number of anilines is 2. The minimum atomic E-state index is -0.732. The summed E-state index contributed by atoms with van der Waals surface area (Å²) in [5, 5.41) is 8.12. The van der Waals surface area contributed by atoms with Crippen molar-refractivity contribution in [1.82, 2.24) is 20.5 Å². The summed E-state index contributed by atoms with van der Waals surface area (Å²) < 4.78 is 13.2. The molecule has 0 radical (unpaired) electrons. The Morgan fingerprint density at radius 1 is 1.08 bits per heavy atom. The molecule has 0 bridgehead atoms. The third-order valence-electron chi connectivity index (χ3n) is 5.90. The lowest BCUT2D eigenvalue weighted by molar-refractivity contribution is -0.133. The van der Waals surface area contributed by atoms with Crippen LogP contribution in [0, 0.1) is 12.7 Å². The summed E-state index contributed by atoms with van der Waals surface area (Å²) in [5.41, 5.74) is 1.36. The normalized spacial score (nSPS) is 14.1. The van der Waals surface area contributed by atoms with Crippen molar-refractivity contribution < 1.29 is 18.8 Å². The molecule has 2 aromatic rings. The van der Waals surface area contributed by atoms with Gasteiger partial charge in [0, 0.05) is 44.1 Å². The van der Waals surface area contributed by atoms with E-state index in [4.69, 9.17) is 0 Å². The topological polar surface area (TPSA) is 107 Å². The van der Waals surface area contributed by atoms with Crippen molar-refractivity contribution in [2.45, 2.75) is 32.2 Å². The molecule has 1 aromatic heterocycles. The van der Waals surface area contributed by atoms with Crippen LogP contribution in [0.4, 0.5) is 20.7 Å². The number of aryl methyl sites for hydroxylation is 1. The molecule has 36 heavy (non-hydrogen) atoms. The molecule has 4 amide bonds. The van der Waals surface area contributed by atoms with Gasteiger partial charge in [0.25, 0.3) is 0 Å². The molecule has 1 atom stereocenters. The molecule has 1 fully saturated rings. The number of rotatable bonds is 10. The second-order valence-electron chi connectivity index (χ2n) is 8.60. The molecule has 9 nitrogen and oxygen atoms in total. The van der Waals surface area contributed by atoms with Crippen LogP contribution in [0.15, 0.2) is 55.1 Å². The van der Waals surface area contributed by atoms with Gasteiger partial charge >= 0.3 is 6.03 Å². The number of halogens is 1. The average molecular weight is 497 g/mol. The van der Waals surface area contributed by atoms with Gasteiger partial charge in [0.15, 0.2) is 0 Å². The van der Waals surface area contributed by atoms with E-state index in [0.29, 0.717) is 57.7 Å². The summed E-state index contributed by atoms with van der Waals surface area (Å²) in [4.78, 5) is 45.8. The van der Waals surface area contributed by atoms with Crippen LogP contribution in [0.25, 0.3) is 0 Å². The fourth-order valence-electron chi connectivity index (χ4n) is 3.95. The highest BCUT2D eigenvalue weighted by atomic mass is 19.1. The summed E-state index contributed by atoms with van der Waals surface area (Å²) in [6.45, 7) is 8.13. The smallest absolute Gasteiger partial charge is 0.319 e. The largest absolute Gasteiger partial charge is 0.353 e. The third-order valence-corrected chi connectivity index (χ3v) is 5.90. The minimum Gasteiger partial charge on any atom is -0.353 e. The maximum Gasteiger partial charge on any atom is 0.319 e. The Morgan fingerprint density at radius 2 is 1.81 bits per heavy atom. The van der Waals surface area contributed by atoms with Gasteiger partial charge in [-0.25, -0.2) is 14.2 Å². The lowest BCUT2D eigenvalue weighted by Crippen LogP contribution is -2.55. The van der Waals surface area contributed by atoms with Gasteiger partial charge in [0.1, 0.15) is 17.7 Å². The highest BCUT2D eigenvalue weighted by Crippen LogP contribution is 2.16. The molecule has 3 rings (SSSR count). The van der Waals surface area contributed by atoms with Gasteiger partial charge in [-0.3, -0.25) is 9.59 Å².